The number of hydrogen-bond acceptors (Lipinski definition) is 3. The number of urea groups is 1. The zero-order chi connectivity index (χ0) is 15.9. The van der Waals surface area contributed by atoms with Gasteiger partial charge in [0.1, 0.15) is 0 Å². The van der Waals surface area contributed by atoms with Gasteiger partial charge < -0.3 is 10.6 Å². The molecule has 1 aliphatic rings. The number of fused-ring (bicyclic) bond motifs is 1. The van der Waals surface area contributed by atoms with Gasteiger partial charge in [0, 0.05) is 19.6 Å². The van der Waals surface area contributed by atoms with Crippen LogP contribution >= 0.6 is 0 Å². The second-order valence-corrected chi connectivity index (χ2v) is 5.20. The van der Waals surface area contributed by atoms with E-state index in [1.807, 2.05) is 0 Å². The molecule has 0 saturated heterocycles. The largest absolute Gasteiger partial charge is 0.338 e. The van der Waals surface area contributed by atoms with Gasteiger partial charge >= 0.3 is 6.03 Å². The summed E-state index contributed by atoms with van der Waals surface area (Å²) in [6.07, 6.45) is 2.51. The topological polar surface area (TPSA) is 78.5 Å². The molecular formula is C16H21N3O3. The molecule has 6 nitrogen and oxygen atoms in total. The fourth-order valence-electron chi connectivity index (χ4n) is 2.32. The van der Waals surface area contributed by atoms with Crippen molar-refractivity contribution in [2.75, 3.05) is 19.6 Å². The predicted octanol–water partition coefficient (Wildman–Crippen LogP) is 1.77. The standard InChI is InChI=1S/C16H21N3O3/c1-2-3-9-17-16(22)18-10-6-11-19-14(20)12-7-4-5-8-13(12)15(19)21/h4-5,7-8H,2-3,6,9-11H2,1H3,(H2,17,18,22). The number of carbonyl (C=O) groups excluding carboxylic acids is 3. The highest BCUT2D eigenvalue weighted by atomic mass is 16.2. The maximum absolute atomic E-state index is 12.1. The number of carbonyl (C=O) groups is 3. The molecule has 4 amide bonds. The molecule has 0 atom stereocenters. The molecule has 22 heavy (non-hydrogen) atoms. The predicted molar refractivity (Wildman–Crippen MR) is 82.7 cm³/mol. The van der Waals surface area contributed by atoms with Gasteiger partial charge in [-0.15, -0.1) is 0 Å². The minimum Gasteiger partial charge on any atom is -0.338 e. The van der Waals surface area contributed by atoms with E-state index < -0.39 is 0 Å². The third-order valence-corrected chi connectivity index (χ3v) is 3.54. The number of hydrogen-bond donors (Lipinski definition) is 2. The number of nitrogens with zero attached hydrogens (tertiary/aromatic N) is 1. The summed E-state index contributed by atoms with van der Waals surface area (Å²) in [5, 5.41) is 5.46. The van der Waals surface area contributed by atoms with Crippen LogP contribution in [0.4, 0.5) is 4.79 Å². The quantitative estimate of drug-likeness (QED) is 0.595. The second-order valence-electron chi connectivity index (χ2n) is 5.20. The monoisotopic (exact) mass is 303 g/mol. The first-order valence-corrected chi connectivity index (χ1v) is 7.62. The molecule has 0 aromatic heterocycles. The normalized spacial score (nSPS) is 13.2. The van der Waals surface area contributed by atoms with E-state index in [9.17, 15) is 14.4 Å². The van der Waals surface area contributed by atoms with Gasteiger partial charge in [0.15, 0.2) is 0 Å². The van der Waals surface area contributed by atoms with Crippen LogP contribution in [-0.4, -0.2) is 42.4 Å². The maximum atomic E-state index is 12.1. The SMILES string of the molecule is CCCCNC(=O)NCCCN1C(=O)c2ccccc2C1=O. The van der Waals surface area contributed by atoms with Crippen LogP contribution in [0.5, 0.6) is 0 Å². The Kier molecular flexibility index (Phi) is 5.52. The van der Waals surface area contributed by atoms with Crippen molar-refractivity contribution in [2.45, 2.75) is 26.2 Å². The Morgan fingerprint density at radius 3 is 2.09 bits per heavy atom. The van der Waals surface area contributed by atoms with E-state index in [0.717, 1.165) is 12.8 Å². The zero-order valence-electron chi connectivity index (χ0n) is 12.7. The Balaban J connectivity index is 1.74. The van der Waals surface area contributed by atoms with Gasteiger partial charge in [-0.3, -0.25) is 14.5 Å². The number of rotatable bonds is 7. The Bertz CT molecular complexity index is 537. The van der Waals surface area contributed by atoms with Gasteiger partial charge in [-0.1, -0.05) is 25.5 Å². The summed E-state index contributed by atoms with van der Waals surface area (Å²) in [5.41, 5.74) is 0.913. The summed E-state index contributed by atoms with van der Waals surface area (Å²) in [7, 11) is 0. The number of imide groups is 1. The summed E-state index contributed by atoms with van der Waals surface area (Å²) in [4.78, 5) is 36.9. The molecule has 0 aliphatic carbocycles. The summed E-state index contributed by atoms with van der Waals surface area (Å²) in [6.45, 7) is 3.44. The highest BCUT2D eigenvalue weighted by molar-refractivity contribution is 6.21. The number of benzene rings is 1. The molecule has 0 fully saturated rings. The van der Waals surface area contributed by atoms with Crippen molar-refractivity contribution in [1.29, 1.82) is 0 Å². The van der Waals surface area contributed by atoms with E-state index in [1.165, 1.54) is 4.90 Å². The van der Waals surface area contributed by atoms with Crippen LogP contribution in [0.2, 0.25) is 0 Å². The lowest BCUT2D eigenvalue weighted by atomic mass is 10.1. The third-order valence-electron chi connectivity index (χ3n) is 3.54. The number of nitrogens with one attached hydrogen (secondary N) is 2. The first-order valence-electron chi connectivity index (χ1n) is 7.62. The van der Waals surface area contributed by atoms with Crippen molar-refractivity contribution in [3.8, 4) is 0 Å². The van der Waals surface area contributed by atoms with E-state index in [2.05, 4.69) is 17.6 Å². The zero-order valence-corrected chi connectivity index (χ0v) is 12.7. The molecule has 0 unspecified atom stereocenters. The van der Waals surface area contributed by atoms with Crippen molar-refractivity contribution in [1.82, 2.24) is 15.5 Å². The summed E-state index contributed by atoms with van der Waals surface area (Å²) >= 11 is 0. The van der Waals surface area contributed by atoms with Crippen LogP contribution in [0.1, 0.15) is 46.9 Å². The van der Waals surface area contributed by atoms with Gasteiger partial charge in [0.05, 0.1) is 11.1 Å². The van der Waals surface area contributed by atoms with E-state index >= 15 is 0 Å². The van der Waals surface area contributed by atoms with Crippen LogP contribution in [-0.2, 0) is 0 Å². The van der Waals surface area contributed by atoms with Gasteiger partial charge in [-0.25, -0.2) is 4.79 Å². The Hall–Kier alpha value is -2.37. The van der Waals surface area contributed by atoms with E-state index in [-0.39, 0.29) is 17.8 Å². The Morgan fingerprint density at radius 2 is 1.55 bits per heavy atom. The molecule has 2 N–H and O–H groups in total. The maximum Gasteiger partial charge on any atom is 0.314 e. The lowest BCUT2D eigenvalue weighted by Gasteiger charge is -2.14. The third kappa shape index (κ3) is 3.63. The van der Waals surface area contributed by atoms with Crippen LogP contribution in [0, 0.1) is 0 Å². The van der Waals surface area contributed by atoms with Gasteiger partial charge in [0.25, 0.3) is 11.8 Å². The number of unbranched alkanes of at least 4 members (excludes halogenated alkanes) is 1. The molecular weight excluding hydrogens is 282 g/mol. The molecule has 1 heterocycles. The van der Waals surface area contributed by atoms with Gasteiger partial charge in [-0.05, 0) is 25.0 Å². The average molecular weight is 303 g/mol. The second kappa shape index (κ2) is 7.59. The minimum atomic E-state index is -0.256. The van der Waals surface area contributed by atoms with Crippen molar-refractivity contribution in [2.24, 2.45) is 0 Å². The molecule has 1 aromatic carbocycles. The lowest BCUT2D eigenvalue weighted by molar-refractivity contribution is 0.0653. The molecule has 1 aliphatic heterocycles. The summed E-state index contributed by atoms with van der Waals surface area (Å²) in [6, 6.07) is 6.60. The molecule has 0 saturated carbocycles. The number of amides is 4. The van der Waals surface area contributed by atoms with E-state index in [0.29, 0.717) is 37.2 Å². The Morgan fingerprint density at radius 1 is 1.00 bits per heavy atom. The molecule has 0 spiro atoms. The molecule has 1 aromatic rings. The minimum absolute atomic E-state index is 0.212. The first-order chi connectivity index (χ1) is 10.6. The molecule has 0 radical (unpaired) electrons. The van der Waals surface area contributed by atoms with Gasteiger partial charge in [-0.2, -0.15) is 0 Å². The highest BCUT2D eigenvalue weighted by Gasteiger charge is 2.34. The van der Waals surface area contributed by atoms with Crippen LogP contribution in [0.15, 0.2) is 24.3 Å². The van der Waals surface area contributed by atoms with Crippen molar-refractivity contribution >= 4 is 17.8 Å². The van der Waals surface area contributed by atoms with Gasteiger partial charge in [0.2, 0.25) is 0 Å². The molecule has 118 valence electrons. The van der Waals surface area contributed by atoms with Crippen LogP contribution in [0.3, 0.4) is 0 Å². The molecule has 0 bridgehead atoms. The van der Waals surface area contributed by atoms with E-state index in [1.54, 1.807) is 24.3 Å². The van der Waals surface area contributed by atoms with Crippen LogP contribution in [0.25, 0.3) is 0 Å². The summed E-state index contributed by atoms with van der Waals surface area (Å²) < 4.78 is 0. The molecule has 2 rings (SSSR count). The van der Waals surface area contributed by atoms with Crippen LogP contribution < -0.4 is 10.6 Å². The van der Waals surface area contributed by atoms with E-state index in [4.69, 9.17) is 0 Å². The smallest absolute Gasteiger partial charge is 0.314 e. The fraction of sp³-hybridized carbons (Fsp3) is 0.438. The van der Waals surface area contributed by atoms with Crippen molar-refractivity contribution in [3.63, 3.8) is 0 Å². The summed E-state index contributed by atoms with van der Waals surface area (Å²) in [5.74, 6) is -0.513. The Labute approximate surface area is 129 Å². The van der Waals surface area contributed by atoms with Crippen molar-refractivity contribution in [3.05, 3.63) is 35.4 Å². The highest BCUT2D eigenvalue weighted by Crippen LogP contribution is 2.22. The lowest BCUT2D eigenvalue weighted by Crippen LogP contribution is -2.38. The fourth-order valence-corrected chi connectivity index (χ4v) is 2.32. The van der Waals surface area contributed by atoms with Crippen molar-refractivity contribution < 1.29 is 14.4 Å². The first kappa shape index (κ1) is 16.0. The average Bonchev–Trinajstić information content (AvgIpc) is 2.77. The molecule has 6 heteroatoms.